The van der Waals surface area contributed by atoms with Crippen molar-refractivity contribution in [2.24, 2.45) is 0 Å². The Bertz CT molecular complexity index is 290. The van der Waals surface area contributed by atoms with Crippen molar-refractivity contribution in [2.45, 2.75) is 32.4 Å². The van der Waals surface area contributed by atoms with Crippen LogP contribution in [0.2, 0.25) is 0 Å². The molecule has 2 unspecified atom stereocenters. The van der Waals surface area contributed by atoms with Crippen molar-refractivity contribution in [3.8, 4) is 0 Å². The van der Waals surface area contributed by atoms with E-state index in [2.05, 4.69) is 0 Å². The van der Waals surface area contributed by atoms with Crippen LogP contribution in [0, 0.1) is 0 Å². The molecule has 2 atom stereocenters. The lowest BCUT2D eigenvalue weighted by atomic mass is 10.2. The van der Waals surface area contributed by atoms with Gasteiger partial charge in [0.2, 0.25) is 10.0 Å². The molecule has 90 valence electrons. The molecule has 1 aliphatic rings. The maximum atomic E-state index is 11.8. The summed E-state index contributed by atoms with van der Waals surface area (Å²) in [5, 5.41) is 8.72. The molecule has 1 fully saturated rings. The molecule has 0 aromatic carbocycles. The fourth-order valence-corrected chi connectivity index (χ4v) is 3.27. The van der Waals surface area contributed by atoms with Crippen molar-refractivity contribution < 1.29 is 18.3 Å². The van der Waals surface area contributed by atoms with Gasteiger partial charge in [-0.05, 0) is 13.3 Å². The van der Waals surface area contributed by atoms with Crippen LogP contribution in [0.5, 0.6) is 0 Å². The number of aliphatic hydroxyl groups excluding tert-OH is 1. The SMILES string of the molecule is CCC1COC(C)CN1S(=O)(=O)CCO. The van der Waals surface area contributed by atoms with Crippen molar-refractivity contribution in [3.05, 3.63) is 0 Å². The number of hydrogen-bond donors (Lipinski definition) is 1. The largest absolute Gasteiger partial charge is 0.395 e. The van der Waals surface area contributed by atoms with Crippen LogP contribution in [0.4, 0.5) is 0 Å². The van der Waals surface area contributed by atoms with Gasteiger partial charge < -0.3 is 9.84 Å². The first-order valence-electron chi connectivity index (χ1n) is 5.23. The van der Waals surface area contributed by atoms with Crippen LogP contribution in [0.3, 0.4) is 0 Å². The minimum atomic E-state index is -3.32. The molecule has 1 N–H and O–H groups in total. The number of ether oxygens (including phenoxy) is 1. The van der Waals surface area contributed by atoms with Gasteiger partial charge >= 0.3 is 0 Å². The summed E-state index contributed by atoms with van der Waals surface area (Å²) in [4.78, 5) is 0. The average Bonchev–Trinajstić information content (AvgIpc) is 2.17. The highest BCUT2D eigenvalue weighted by molar-refractivity contribution is 7.89. The Hall–Kier alpha value is -0.170. The summed E-state index contributed by atoms with van der Waals surface area (Å²) in [7, 11) is -3.32. The number of nitrogens with zero attached hydrogens (tertiary/aromatic N) is 1. The first-order chi connectivity index (χ1) is 7.01. The molecule has 1 rings (SSSR count). The lowest BCUT2D eigenvalue weighted by Gasteiger charge is -2.37. The van der Waals surface area contributed by atoms with Gasteiger partial charge in [0.05, 0.1) is 25.1 Å². The van der Waals surface area contributed by atoms with Gasteiger partial charge in [-0.2, -0.15) is 4.31 Å². The minimum absolute atomic E-state index is 0.0683. The zero-order valence-corrected chi connectivity index (χ0v) is 10.0. The Balaban J connectivity index is 2.79. The molecule has 0 amide bonds. The standard InChI is InChI=1S/C9H19NO4S/c1-3-9-7-14-8(2)6-10(9)15(12,13)5-4-11/h8-9,11H,3-7H2,1-2H3. The zero-order valence-electron chi connectivity index (χ0n) is 9.22. The number of aliphatic hydroxyl groups is 1. The first-order valence-corrected chi connectivity index (χ1v) is 6.84. The molecule has 0 bridgehead atoms. The molecule has 0 aromatic rings. The van der Waals surface area contributed by atoms with Gasteiger partial charge in [0.15, 0.2) is 0 Å². The normalized spacial score (nSPS) is 29.3. The summed E-state index contributed by atoms with van der Waals surface area (Å²) in [5.74, 6) is -0.198. The second-order valence-electron chi connectivity index (χ2n) is 3.82. The average molecular weight is 237 g/mol. The molecular weight excluding hydrogens is 218 g/mol. The highest BCUT2D eigenvalue weighted by Crippen LogP contribution is 2.18. The predicted octanol–water partition coefficient (Wildman–Crippen LogP) is -0.192. The van der Waals surface area contributed by atoms with Gasteiger partial charge in [-0.15, -0.1) is 0 Å². The number of hydrogen-bond acceptors (Lipinski definition) is 4. The van der Waals surface area contributed by atoms with Gasteiger partial charge in [-0.1, -0.05) is 6.92 Å². The second kappa shape index (κ2) is 5.25. The Morgan fingerprint density at radius 3 is 2.73 bits per heavy atom. The van der Waals surface area contributed by atoms with Crippen LogP contribution in [0.15, 0.2) is 0 Å². The van der Waals surface area contributed by atoms with Crippen LogP contribution in [0.1, 0.15) is 20.3 Å². The highest BCUT2D eigenvalue weighted by atomic mass is 32.2. The number of morpholine rings is 1. The monoisotopic (exact) mass is 237 g/mol. The fraction of sp³-hybridized carbons (Fsp3) is 1.00. The molecule has 15 heavy (non-hydrogen) atoms. The molecular formula is C9H19NO4S. The Labute approximate surface area is 91.1 Å². The van der Waals surface area contributed by atoms with E-state index in [-0.39, 0.29) is 24.5 Å². The summed E-state index contributed by atoms with van der Waals surface area (Å²) in [6.07, 6.45) is 0.665. The lowest BCUT2D eigenvalue weighted by Crippen LogP contribution is -2.52. The third-order valence-electron chi connectivity index (χ3n) is 2.60. The third-order valence-corrected chi connectivity index (χ3v) is 4.46. The summed E-state index contributed by atoms with van der Waals surface area (Å²) in [6, 6.07) is -0.0854. The zero-order chi connectivity index (χ0) is 11.5. The van der Waals surface area contributed by atoms with Crippen molar-refractivity contribution in [1.29, 1.82) is 0 Å². The summed E-state index contributed by atoms with van der Waals surface area (Å²) < 4.78 is 30.5. The van der Waals surface area contributed by atoms with Crippen LogP contribution in [0.25, 0.3) is 0 Å². The quantitative estimate of drug-likeness (QED) is 0.736. The molecule has 0 aliphatic carbocycles. The van der Waals surface area contributed by atoms with Gasteiger partial charge in [0.1, 0.15) is 0 Å². The van der Waals surface area contributed by atoms with E-state index in [1.165, 1.54) is 4.31 Å². The maximum absolute atomic E-state index is 11.8. The summed E-state index contributed by atoms with van der Waals surface area (Å²) >= 11 is 0. The molecule has 6 heteroatoms. The highest BCUT2D eigenvalue weighted by Gasteiger charge is 2.33. The molecule has 1 saturated heterocycles. The summed E-state index contributed by atoms with van der Waals surface area (Å²) in [5.41, 5.74) is 0. The third kappa shape index (κ3) is 3.14. The molecule has 0 radical (unpaired) electrons. The van der Waals surface area contributed by atoms with E-state index < -0.39 is 10.0 Å². The Morgan fingerprint density at radius 2 is 2.20 bits per heavy atom. The van der Waals surface area contributed by atoms with Crippen molar-refractivity contribution >= 4 is 10.0 Å². The van der Waals surface area contributed by atoms with Crippen molar-refractivity contribution in [1.82, 2.24) is 4.31 Å². The van der Waals surface area contributed by atoms with E-state index >= 15 is 0 Å². The van der Waals surface area contributed by atoms with Crippen LogP contribution in [-0.4, -0.2) is 55.5 Å². The van der Waals surface area contributed by atoms with E-state index in [9.17, 15) is 8.42 Å². The van der Waals surface area contributed by atoms with Gasteiger partial charge in [-0.25, -0.2) is 8.42 Å². The van der Waals surface area contributed by atoms with E-state index in [1.807, 2.05) is 13.8 Å². The lowest BCUT2D eigenvalue weighted by molar-refractivity contribution is -0.0231. The fourth-order valence-electron chi connectivity index (χ4n) is 1.71. The molecule has 0 aromatic heterocycles. The van der Waals surface area contributed by atoms with E-state index in [4.69, 9.17) is 9.84 Å². The van der Waals surface area contributed by atoms with Crippen LogP contribution >= 0.6 is 0 Å². The smallest absolute Gasteiger partial charge is 0.216 e. The van der Waals surface area contributed by atoms with Crippen molar-refractivity contribution in [2.75, 3.05) is 25.5 Å². The molecule has 0 saturated carbocycles. The molecule has 1 aliphatic heterocycles. The predicted molar refractivity (Wildman–Crippen MR) is 57.1 cm³/mol. The van der Waals surface area contributed by atoms with Crippen LogP contribution in [-0.2, 0) is 14.8 Å². The number of sulfonamides is 1. The molecule has 0 spiro atoms. The second-order valence-corrected chi connectivity index (χ2v) is 5.86. The van der Waals surface area contributed by atoms with Gasteiger partial charge in [0, 0.05) is 12.6 Å². The van der Waals surface area contributed by atoms with E-state index in [0.29, 0.717) is 13.2 Å². The number of rotatable bonds is 4. The van der Waals surface area contributed by atoms with E-state index in [1.54, 1.807) is 0 Å². The molecule has 1 heterocycles. The van der Waals surface area contributed by atoms with Crippen molar-refractivity contribution in [3.63, 3.8) is 0 Å². The first kappa shape index (κ1) is 12.9. The maximum Gasteiger partial charge on any atom is 0.216 e. The Morgan fingerprint density at radius 1 is 1.53 bits per heavy atom. The van der Waals surface area contributed by atoms with Gasteiger partial charge in [0.25, 0.3) is 0 Å². The van der Waals surface area contributed by atoms with Gasteiger partial charge in [-0.3, -0.25) is 0 Å². The van der Waals surface area contributed by atoms with Crippen LogP contribution < -0.4 is 0 Å². The minimum Gasteiger partial charge on any atom is -0.395 e. The topological polar surface area (TPSA) is 66.8 Å². The molecule has 5 nitrogen and oxygen atoms in total. The summed E-state index contributed by atoms with van der Waals surface area (Å²) in [6.45, 7) is 4.30. The van der Waals surface area contributed by atoms with E-state index in [0.717, 1.165) is 6.42 Å². The Kier molecular flexibility index (Phi) is 4.51.